The van der Waals surface area contributed by atoms with Gasteiger partial charge in [0.15, 0.2) is 0 Å². The fourth-order valence-electron chi connectivity index (χ4n) is 0.987. The van der Waals surface area contributed by atoms with Crippen LogP contribution in [0.2, 0.25) is 5.02 Å². The molecule has 0 aliphatic rings. The van der Waals surface area contributed by atoms with Gasteiger partial charge in [-0.2, -0.15) is 13.2 Å². The first-order valence-corrected chi connectivity index (χ1v) is 4.36. The van der Waals surface area contributed by atoms with E-state index < -0.39 is 22.8 Å². The Morgan fingerprint density at radius 1 is 1.38 bits per heavy atom. The molecule has 1 aromatic carbocycles. The molecule has 0 saturated carbocycles. The number of benzene rings is 1. The normalized spacial score (nSPS) is 11.1. The zero-order valence-corrected chi connectivity index (χ0v) is 8.49. The number of halogens is 4. The summed E-state index contributed by atoms with van der Waals surface area (Å²) in [7, 11) is 0. The van der Waals surface area contributed by atoms with Crippen molar-refractivity contribution < 1.29 is 18.0 Å². The van der Waals surface area contributed by atoms with Gasteiger partial charge in [0.05, 0.1) is 10.6 Å². The monoisotopic (exact) mass is 253 g/mol. The Hall–Kier alpha value is -1.47. The summed E-state index contributed by atoms with van der Waals surface area (Å²) in [5.74, 6) is 4.76. The standard InChI is InChI=1S/C8H7ClF3N3O/c9-6-2-1-4(14-7(16)15-13)3-5(6)8(10,11)12/h1-3H,13H2,(H2,14,15,16). The second-order valence-corrected chi connectivity index (χ2v) is 3.20. The topological polar surface area (TPSA) is 67.1 Å². The summed E-state index contributed by atoms with van der Waals surface area (Å²) in [6, 6.07) is 2.16. The highest BCUT2D eigenvalue weighted by Gasteiger charge is 2.33. The molecular weight excluding hydrogens is 247 g/mol. The van der Waals surface area contributed by atoms with E-state index in [0.29, 0.717) is 0 Å². The molecule has 16 heavy (non-hydrogen) atoms. The second kappa shape index (κ2) is 4.58. The van der Waals surface area contributed by atoms with E-state index in [9.17, 15) is 18.0 Å². The van der Waals surface area contributed by atoms with Crippen LogP contribution >= 0.6 is 11.6 Å². The number of hydrogen-bond acceptors (Lipinski definition) is 2. The molecule has 0 heterocycles. The molecule has 88 valence electrons. The van der Waals surface area contributed by atoms with Crippen LogP contribution in [-0.2, 0) is 6.18 Å². The number of amides is 2. The predicted octanol–water partition coefficient (Wildman–Crippen LogP) is 2.35. The Morgan fingerprint density at radius 2 is 2.00 bits per heavy atom. The van der Waals surface area contributed by atoms with Crippen LogP contribution < -0.4 is 16.6 Å². The molecule has 0 atom stereocenters. The van der Waals surface area contributed by atoms with E-state index in [1.807, 2.05) is 0 Å². The molecule has 4 N–H and O–H groups in total. The Balaban J connectivity index is 3.03. The van der Waals surface area contributed by atoms with Crippen LogP contribution in [0.3, 0.4) is 0 Å². The van der Waals surface area contributed by atoms with Gasteiger partial charge in [-0.05, 0) is 18.2 Å². The molecule has 4 nitrogen and oxygen atoms in total. The van der Waals surface area contributed by atoms with Crippen LogP contribution in [0.1, 0.15) is 5.56 Å². The third-order valence-electron chi connectivity index (χ3n) is 1.66. The van der Waals surface area contributed by atoms with Crippen molar-refractivity contribution in [1.82, 2.24) is 5.43 Å². The van der Waals surface area contributed by atoms with Gasteiger partial charge in [-0.25, -0.2) is 10.6 Å². The number of rotatable bonds is 1. The molecule has 0 aliphatic carbocycles. The SMILES string of the molecule is NNC(=O)Nc1ccc(Cl)c(C(F)(F)F)c1. The molecule has 0 saturated heterocycles. The molecule has 0 unspecified atom stereocenters. The summed E-state index contributed by atoms with van der Waals surface area (Å²) in [6.45, 7) is 0. The Kier molecular flexibility index (Phi) is 3.61. The van der Waals surface area contributed by atoms with E-state index in [1.54, 1.807) is 5.43 Å². The number of nitrogens with one attached hydrogen (secondary N) is 2. The number of urea groups is 1. The molecule has 2 amide bonds. The van der Waals surface area contributed by atoms with Crippen LogP contribution in [-0.4, -0.2) is 6.03 Å². The highest BCUT2D eigenvalue weighted by atomic mass is 35.5. The summed E-state index contributed by atoms with van der Waals surface area (Å²) < 4.78 is 37.2. The van der Waals surface area contributed by atoms with Crippen LogP contribution in [0.4, 0.5) is 23.7 Å². The zero-order valence-electron chi connectivity index (χ0n) is 7.73. The van der Waals surface area contributed by atoms with Gasteiger partial charge in [0, 0.05) is 5.69 Å². The molecule has 0 aliphatic heterocycles. The third kappa shape index (κ3) is 3.01. The highest BCUT2D eigenvalue weighted by molar-refractivity contribution is 6.31. The van der Waals surface area contributed by atoms with Gasteiger partial charge < -0.3 is 5.32 Å². The van der Waals surface area contributed by atoms with Gasteiger partial charge in [-0.3, -0.25) is 5.43 Å². The number of anilines is 1. The van der Waals surface area contributed by atoms with E-state index in [1.165, 1.54) is 6.07 Å². The molecule has 0 spiro atoms. The zero-order chi connectivity index (χ0) is 12.3. The number of hydrogen-bond donors (Lipinski definition) is 3. The summed E-state index contributed by atoms with van der Waals surface area (Å²) in [5.41, 5.74) is 0.642. The lowest BCUT2D eigenvalue weighted by Gasteiger charge is -2.11. The van der Waals surface area contributed by atoms with Crippen molar-refractivity contribution in [2.24, 2.45) is 5.84 Å². The largest absolute Gasteiger partial charge is 0.417 e. The summed E-state index contributed by atoms with van der Waals surface area (Å²) in [4.78, 5) is 10.8. The lowest BCUT2D eigenvalue weighted by Crippen LogP contribution is -2.34. The minimum atomic E-state index is -4.58. The minimum Gasteiger partial charge on any atom is -0.307 e. The summed E-state index contributed by atoms with van der Waals surface area (Å²) >= 11 is 5.38. The quantitative estimate of drug-likeness (QED) is 0.409. The molecule has 0 fully saturated rings. The maximum Gasteiger partial charge on any atom is 0.417 e. The smallest absolute Gasteiger partial charge is 0.307 e. The van der Waals surface area contributed by atoms with Crippen molar-refractivity contribution in [1.29, 1.82) is 0 Å². The van der Waals surface area contributed by atoms with Crippen LogP contribution in [0.25, 0.3) is 0 Å². The first kappa shape index (κ1) is 12.6. The van der Waals surface area contributed by atoms with Gasteiger partial charge >= 0.3 is 12.2 Å². The van der Waals surface area contributed by atoms with Crippen molar-refractivity contribution in [3.8, 4) is 0 Å². The first-order valence-electron chi connectivity index (χ1n) is 3.99. The van der Waals surface area contributed by atoms with Gasteiger partial charge in [0.1, 0.15) is 0 Å². The average molecular weight is 254 g/mol. The number of carbonyl (C=O) groups is 1. The van der Waals surface area contributed by atoms with Gasteiger partial charge in [0.25, 0.3) is 0 Å². The maximum atomic E-state index is 12.4. The maximum absolute atomic E-state index is 12.4. The first-order chi connectivity index (χ1) is 7.34. The van der Waals surface area contributed by atoms with Crippen molar-refractivity contribution in [3.05, 3.63) is 28.8 Å². The lowest BCUT2D eigenvalue weighted by molar-refractivity contribution is -0.137. The second-order valence-electron chi connectivity index (χ2n) is 2.79. The van der Waals surface area contributed by atoms with Gasteiger partial charge in [-0.1, -0.05) is 11.6 Å². The van der Waals surface area contributed by atoms with E-state index in [0.717, 1.165) is 12.1 Å². The summed E-state index contributed by atoms with van der Waals surface area (Å²) in [5, 5.41) is 1.66. The molecule has 8 heteroatoms. The molecular formula is C8H7ClF3N3O. The fourth-order valence-corrected chi connectivity index (χ4v) is 1.21. The molecule has 0 aromatic heterocycles. The minimum absolute atomic E-state index is 0.0559. The van der Waals surface area contributed by atoms with Crippen LogP contribution in [0.15, 0.2) is 18.2 Å². The highest BCUT2D eigenvalue weighted by Crippen LogP contribution is 2.36. The predicted molar refractivity (Wildman–Crippen MR) is 52.8 cm³/mol. The fraction of sp³-hybridized carbons (Fsp3) is 0.125. The third-order valence-corrected chi connectivity index (χ3v) is 1.99. The summed E-state index contributed by atoms with van der Waals surface area (Å²) in [6.07, 6.45) is -4.58. The Bertz CT molecular complexity index is 408. The number of hydrazine groups is 1. The molecule has 0 radical (unpaired) electrons. The van der Waals surface area contributed by atoms with Crippen LogP contribution in [0, 0.1) is 0 Å². The molecule has 1 rings (SSSR count). The van der Waals surface area contributed by atoms with E-state index in [-0.39, 0.29) is 5.69 Å². The van der Waals surface area contributed by atoms with Crippen molar-refractivity contribution in [2.75, 3.05) is 5.32 Å². The van der Waals surface area contributed by atoms with Gasteiger partial charge in [0.2, 0.25) is 0 Å². The van der Waals surface area contributed by atoms with Crippen LogP contribution in [0.5, 0.6) is 0 Å². The van der Waals surface area contributed by atoms with E-state index >= 15 is 0 Å². The Morgan fingerprint density at radius 3 is 2.50 bits per heavy atom. The number of carbonyl (C=O) groups excluding carboxylic acids is 1. The van der Waals surface area contributed by atoms with Gasteiger partial charge in [-0.15, -0.1) is 0 Å². The van der Waals surface area contributed by atoms with Crippen molar-refractivity contribution in [2.45, 2.75) is 6.18 Å². The Labute approximate surface area is 93.5 Å². The molecule has 0 bridgehead atoms. The van der Waals surface area contributed by atoms with E-state index in [2.05, 4.69) is 5.32 Å². The number of alkyl halides is 3. The van der Waals surface area contributed by atoms with Crippen molar-refractivity contribution >= 4 is 23.3 Å². The average Bonchev–Trinajstić information content (AvgIpc) is 2.19. The van der Waals surface area contributed by atoms with E-state index in [4.69, 9.17) is 17.4 Å². The molecule has 1 aromatic rings. The van der Waals surface area contributed by atoms with Crippen molar-refractivity contribution in [3.63, 3.8) is 0 Å². The number of nitrogens with two attached hydrogens (primary N) is 1. The lowest BCUT2D eigenvalue weighted by atomic mass is 10.2.